The van der Waals surface area contributed by atoms with Crippen LogP contribution in [0.4, 0.5) is 5.69 Å². The lowest BCUT2D eigenvalue weighted by Gasteiger charge is -2.06. The number of anilines is 1. The van der Waals surface area contributed by atoms with Crippen LogP contribution in [0.15, 0.2) is 30.7 Å². The lowest BCUT2D eigenvalue weighted by molar-refractivity contribution is 0.630. The summed E-state index contributed by atoms with van der Waals surface area (Å²) in [5.41, 5.74) is 8.86. The van der Waals surface area contributed by atoms with Gasteiger partial charge in [-0.15, -0.1) is 0 Å². The molecule has 0 radical (unpaired) electrons. The first-order valence-electron chi connectivity index (χ1n) is 5.00. The molecule has 0 aliphatic heterocycles. The summed E-state index contributed by atoms with van der Waals surface area (Å²) in [6.45, 7) is 2.95. The van der Waals surface area contributed by atoms with E-state index in [1.54, 1.807) is 6.20 Å². The highest BCUT2D eigenvalue weighted by molar-refractivity contribution is 5.45. The maximum absolute atomic E-state index is 5.86. The minimum atomic E-state index is 0.785. The Labute approximate surface area is 88.8 Å². The third kappa shape index (κ3) is 1.98. The van der Waals surface area contributed by atoms with E-state index < -0.39 is 0 Å². The van der Waals surface area contributed by atoms with Crippen LogP contribution in [0.2, 0.25) is 0 Å². The van der Waals surface area contributed by atoms with Crippen molar-refractivity contribution in [2.24, 2.45) is 0 Å². The van der Waals surface area contributed by atoms with Gasteiger partial charge in [-0.25, -0.2) is 0 Å². The summed E-state index contributed by atoms with van der Waals surface area (Å²) in [7, 11) is 0. The van der Waals surface area contributed by atoms with Gasteiger partial charge in [-0.2, -0.15) is 5.10 Å². The molecule has 4 nitrogen and oxygen atoms in total. The van der Waals surface area contributed by atoms with Crippen LogP contribution < -0.4 is 5.73 Å². The highest BCUT2D eigenvalue weighted by atomic mass is 15.3. The molecule has 2 aromatic rings. The van der Waals surface area contributed by atoms with Gasteiger partial charge in [0.05, 0.1) is 0 Å². The maximum Gasteiger partial charge on any atom is 0.0492 e. The Morgan fingerprint density at radius 2 is 2.20 bits per heavy atom. The van der Waals surface area contributed by atoms with Crippen LogP contribution in [0.1, 0.15) is 18.2 Å². The summed E-state index contributed by atoms with van der Waals surface area (Å²) in [4.78, 5) is 4.07. The molecule has 2 aromatic heterocycles. The van der Waals surface area contributed by atoms with Crippen LogP contribution in [0.25, 0.3) is 0 Å². The summed E-state index contributed by atoms with van der Waals surface area (Å²) in [5, 5.41) is 4.22. The van der Waals surface area contributed by atoms with E-state index in [-0.39, 0.29) is 0 Å². The predicted octanol–water partition coefficient (Wildman–Crippen LogP) is 1.47. The van der Waals surface area contributed by atoms with Gasteiger partial charge in [0.15, 0.2) is 0 Å². The Hall–Kier alpha value is -1.84. The molecule has 4 heteroatoms. The Bertz CT molecular complexity index is 447. The number of aryl methyl sites for hydroxylation is 1. The molecule has 0 saturated carbocycles. The minimum Gasteiger partial charge on any atom is -0.398 e. The largest absolute Gasteiger partial charge is 0.398 e. The molecule has 0 aliphatic rings. The van der Waals surface area contributed by atoms with Crippen molar-refractivity contribution < 1.29 is 0 Å². The molecule has 2 heterocycles. The molecule has 0 amide bonds. The zero-order valence-corrected chi connectivity index (χ0v) is 8.72. The highest BCUT2D eigenvalue weighted by Gasteiger charge is 2.04. The fourth-order valence-corrected chi connectivity index (χ4v) is 1.58. The van der Waals surface area contributed by atoms with Crippen molar-refractivity contribution >= 4 is 5.69 Å². The normalized spacial score (nSPS) is 10.5. The van der Waals surface area contributed by atoms with Gasteiger partial charge < -0.3 is 5.73 Å². The van der Waals surface area contributed by atoms with Gasteiger partial charge in [-0.1, -0.05) is 0 Å². The van der Waals surface area contributed by atoms with Gasteiger partial charge in [0.25, 0.3) is 0 Å². The zero-order chi connectivity index (χ0) is 10.7. The number of hydrogen-bond donors (Lipinski definition) is 1. The van der Waals surface area contributed by atoms with Crippen molar-refractivity contribution in [2.45, 2.75) is 19.9 Å². The first kappa shape index (κ1) is 9.71. The molecule has 0 bridgehead atoms. The second-order valence-electron chi connectivity index (χ2n) is 3.39. The van der Waals surface area contributed by atoms with Gasteiger partial charge in [0.2, 0.25) is 0 Å². The van der Waals surface area contributed by atoms with Crippen molar-refractivity contribution in [2.75, 3.05) is 5.73 Å². The quantitative estimate of drug-likeness (QED) is 0.820. The molecule has 0 saturated heterocycles. The molecule has 15 heavy (non-hydrogen) atoms. The SMILES string of the molecule is CCn1nccc1Cc1cnccc1N. The van der Waals surface area contributed by atoms with Crippen LogP contribution in [0, 0.1) is 0 Å². The maximum atomic E-state index is 5.86. The summed E-state index contributed by atoms with van der Waals surface area (Å²) >= 11 is 0. The van der Waals surface area contributed by atoms with Gasteiger partial charge in [-0.3, -0.25) is 9.67 Å². The van der Waals surface area contributed by atoms with Crippen LogP contribution >= 0.6 is 0 Å². The standard InChI is InChI=1S/C11H14N4/c1-2-15-10(3-6-14-15)7-9-8-13-5-4-11(9)12/h3-6,8H,2,7H2,1H3,(H2,12,13). The number of nitrogen functional groups attached to an aromatic ring is 1. The topological polar surface area (TPSA) is 56.7 Å². The second kappa shape index (κ2) is 4.13. The Balaban J connectivity index is 2.26. The molecule has 0 unspecified atom stereocenters. The molecule has 78 valence electrons. The van der Waals surface area contributed by atoms with E-state index in [0.29, 0.717) is 0 Å². The fraction of sp³-hybridized carbons (Fsp3) is 0.273. The van der Waals surface area contributed by atoms with E-state index in [9.17, 15) is 0 Å². The Morgan fingerprint density at radius 3 is 2.93 bits per heavy atom. The molecule has 0 fully saturated rings. The van der Waals surface area contributed by atoms with Crippen molar-refractivity contribution in [3.8, 4) is 0 Å². The average Bonchev–Trinajstić information content (AvgIpc) is 2.69. The van der Waals surface area contributed by atoms with E-state index in [1.807, 2.05) is 29.2 Å². The van der Waals surface area contributed by atoms with Gasteiger partial charge in [0.1, 0.15) is 0 Å². The number of nitrogens with zero attached hydrogens (tertiary/aromatic N) is 3. The number of hydrogen-bond acceptors (Lipinski definition) is 3. The number of nitrogens with two attached hydrogens (primary N) is 1. The molecular formula is C11H14N4. The second-order valence-corrected chi connectivity index (χ2v) is 3.39. The van der Waals surface area contributed by atoms with E-state index in [1.165, 1.54) is 0 Å². The highest BCUT2D eigenvalue weighted by Crippen LogP contribution is 2.14. The average molecular weight is 202 g/mol. The molecule has 2 N–H and O–H groups in total. The van der Waals surface area contributed by atoms with Crippen molar-refractivity contribution in [3.05, 3.63) is 42.0 Å². The number of pyridine rings is 1. The predicted molar refractivity (Wildman–Crippen MR) is 59.4 cm³/mol. The molecule has 0 atom stereocenters. The monoisotopic (exact) mass is 202 g/mol. The van der Waals surface area contributed by atoms with E-state index in [2.05, 4.69) is 17.0 Å². The van der Waals surface area contributed by atoms with Crippen molar-refractivity contribution in [1.82, 2.24) is 14.8 Å². The van der Waals surface area contributed by atoms with Crippen LogP contribution in [0.3, 0.4) is 0 Å². The summed E-state index contributed by atoms with van der Waals surface area (Å²) < 4.78 is 1.96. The zero-order valence-electron chi connectivity index (χ0n) is 8.72. The van der Waals surface area contributed by atoms with Crippen molar-refractivity contribution in [3.63, 3.8) is 0 Å². The van der Waals surface area contributed by atoms with Crippen LogP contribution in [-0.4, -0.2) is 14.8 Å². The first-order chi connectivity index (χ1) is 7.31. The summed E-state index contributed by atoms with van der Waals surface area (Å²) in [6, 6.07) is 3.83. The molecule has 0 spiro atoms. The molecule has 0 aromatic carbocycles. The third-order valence-electron chi connectivity index (χ3n) is 2.42. The van der Waals surface area contributed by atoms with E-state index >= 15 is 0 Å². The number of aromatic nitrogens is 3. The lowest BCUT2D eigenvalue weighted by Crippen LogP contribution is -2.04. The van der Waals surface area contributed by atoms with E-state index in [4.69, 9.17) is 5.73 Å². The summed E-state index contributed by atoms with van der Waals surface area (Å²) in [6.07, 6.45) is 6.11. The lowest BCUT2D eigenvalue weighted by atomic mass is 10.1. The molecular weight excluding hydrogens is 188 g/mol. The number of rotatable bonds is 3. The Kier molecular flexibility index (Phi) is 2.67. The van der Waals surface area contributed by atoms with Crippen LogP contribution in [-0.2, 0) is 13.0 Å². The minimum absolute atomic E-state index is 0.785. The molecule has 2 rings (SSSR count). The van der Waals surface area contributed by atoms with Gasteiger partial charge in [-0.05, 0) is 24.6 Å². The fourth-order valence-electron chi connectivity index (χ4n) is 1.58. The smallest absolute Gasteiger partial charge is 0.0492 e. The van der Waals surface area contributed by atoms with Gasteiger partial charge >= 0.3 is 0 Å². The van der Waals surface area contributed by atoms with Crippen molar-refractivity contribution in [1.29, 1.82) is 0 Å². The van der Waals surface area contributed by atoms with E-state index in [0.717, 1.165) is 29.9 Å². The third-order valence-corrected chi connectivity index (χ3v) is 2.42. The Morgan fingerprint density at radius 1 is 1.33 bits per heavy atom. The molecule has 0 aliphatic carbocycles. The van der Waals surface area contributed by atoms with Crippen LogP contribution in [0.5, 0.6) is 0 Å². The first-order valence-corrected chi connectivity index (χ1v) is 5.00. The summed E-state index contributed by atoms with van der Waals surface area (Å²) in [5.74, 6) is 0. The van der Waals surface area contributed by atoms with Gasteiger partial charge in [0, 0.05) is 42.9 Å².